The molecule has 2 N–H and O–H groups in total. The quantitative estimate of drug-likeness (QED) is 0.887. The summed E-state index contributed by atoms with van der Waals surface area (Å²) in [6, 6.07) is 4.22. The second kappa shape index (κ2) is 5.81. The number of nitrogens with zero attached hydrogens (tertiary/aromatic N) is 2. The van der Waals surface area contributed by atoms with Crippen LogP contribution >= 0.6 is 0 Å². The van der Waals surface area contributed by atoms with Crippen molar-refractivity contribution in [1.82, 2.24) is 20.0 Å². The molecule has 26 heavy (non-hydrogen) atoms. The highest BCUT2D eigenvalue weighted by Crippen LogP contribution is 2.49. The SMILES string of the molecule is C.Cc1cccn2c(C(C)(C)NC(=O)C3[C@H]4CNC[C@@H]34)nc(C3CC3)c12. The highest BCUT2D eigenvalue weighted by Gasteiger charge is 2.57. The average Bonchev–Trinajstić information content (AvgIpc) is 3.43. The summed E-state index contributed by atoms with van der Waals surface area (Å²) in [6.45, 7) is 8.28. The second-order valence-electron chi connectivity index (χ2n) is 8.63. The topological polar surface area (TPSA) is 58.4 Å². The Balaban J connectivity index is 0.00000168. The van der Waals surface area contributed by atoms with Gasteiger partial charge in [0.1, 0.15) is 5.82 Å². The largest absolute Gasteiger partial charge is 0.344 e. The van der Waals surface area contributed by atoms with E-state index >= 15 is 0 Å². The maximum Gasteiger partial charge on any atom is 0.224 e. The molecule has 0 radical (unpaired) electrons. The van der Waals surface area contributed by atoms with Crippen LogP contribution in [0.1, 0.15) is 57.1 Å². The van der Waals surface area contributed by atoms with Crippen molar-refractivity contribution in [2.24, 2.45) is 17.8 Å². The first-order chi connectivity index (χ1) is 12.0. The van der Waals surface area contributed by atoms with Crippen molar-refractivity contribution >= 4 is 11.4 Å². The average molecular weight is 354 g/mol. The van der Waals surface area contributed by atoms with E-state index < -0.39 is 5.54 Å². The fraction of sp³-hybridized carbons (Fsp3) is 0.619. The zero-order valence-electron chi connectivity index (χ0n) is 15.2. The van der Waals surface area contributed by atoms with E-state index in [2.05, 4.69) is 54.1 Å². The Morgan fingerprint density at radius 3 is 2.65 bits per heavy atom. The number of pyridine rings is 1. The Morgan fingerprint density at radius 2 is 2.00 bits per heavy atom. The Labute approximate surface area is 155 Å². The van der Waals surface area contributed by atoms with Crippen molar-refractivity contribution in [2.75, 3.05) is 13.1 Å². The number of imidazole rings is 1. The fourth-order valence-corrected chi connectivity index (χ4v) is 4.68. The first-order valence-corrected chi connectivity index (χ1v) is 9.48. The molecule has 1 amide bonds. The molecule has 3 aliphatic rings. The van der Waals surface area contributed by atoms with E-state index in [9.17, 15) is 4.79 Å². The third-order valence-electron chi connectivity index (χ3n) is 6.25. The minimum Gasteiger partial charge on any atom is -0.344 e. The van der Waals surface area contributed by atoms with Gasteiger partial charge in [-0.25, -0.2) is 4.98 Å². The molecule has 2 aromatic heterocycles. The Bertz CT molecular complexity index is 854. The van der Waals surface area contributed by atoms with Crippen LogP contribution in [0.3, 0.4) is 0 Å². The molecule has 1 saturated heterocycles. The third-order valence-corrected chi connectivity index (χ3v) is 6.25. The number of fused-ring (bicyclic) bond motifs is 2. The lowest BCUT2D eigenvalue weighted by atomic mass is 10.0. The zero-order valence-corrected chi connectivity index (χ0v) is 15.2. The maximum absolute atomic E-state index is 12.8. The van der Waals surface area contributed by atoms with Gasteiger partial charge in [0.2, 0.25) is 5.91 Å². The molecule has 0 bridgehead atoms. The number of aryl methyl sites for hydroxylation is 1. The first-order valence-electron chi connectivity index (χ1n) is 9.48. The summed E-state index contributed by atoms with van der Waals surface area (Å²) in [5.41, 5.74) is 3.22. The lowest BCUT2D eigenvalue weighted by Crippen LogP contribution is -2.44. The van der Waals surface area contributed by atoms with Crippen molar-refractivity contribution in [3.8, 4) is 0 Å². The fourth-order valence-electron chi connectivity index (χ4n) is 4.68. The Morgan fingerprint density at radius 1 is 1.31 bits per heavy atom. The van der Waals surface area contributed by atoms with Gasteiger partial charge in [-0.3, -0.25) is 4.79 Å². The summed E-state index contributed by atoms with van der Waals surface area (Å²) in [5, 5.41) is 6.66. The van der Waals surface area contributed by atoms with Crippen molar-refractivity contribution in [3.63, 3.8) is 0 Å². The highest BCUT2D eigenvalue weighted by atomic mass is 16.2. The minimum atomic E-state index is -0.481. The molecular weight excluding hydrogens is 324 g/mol. The molecule has 5 nitrogen and oxygen atoms in total. The molecule has 5 heteroatoms. The van der Waals surface area contributed by atoms with Gasteiger partial charge in [0.05, 0.1) is 16.7 Å². The van der Waals surface area contributed by atoms with Crippen LogP contribution in [-0.4, -0.2) is 28.4 Å². The summed E-state index contributed by atoms with van der Waals surface area (Å²) in [6.07, 6.45) is 4.54. The van der Waals surface area contributed by atoms with Crippen LogP contribution < -0.4 is 10.6 Å². The van der Waals surface area contributed by atoms with E-state index in [0.29, 0.717) is 17.8 Å². The predicted molar refractivity (Wildman–Crippen MR) is 103 cm³/mol. The number of piperidine rings is 1. The van der Waals surface area contributed by atoms with Crippen LogP contribution in [0.2, 0.25) is 0 Å². The summed E-state index contributed by atoms with van der Waals surface area (Å²) < 4.78 is 2.19. The lowest BCUT2D eigenvalue weighted by molar-refractivity contribution is -0.124. The predicted octanol–water partition coefficient (Wildman–Crippen LogP) is 2.97. The molecule has 3 heterocycles. The second-order valence-corrected chi connectivity index (χ2v) is 8.63. The Hall–Kier alpha value is -1.88. The molecular formula is C21H30N4O. The van der Waals surface area contributed by atoms with Crippen molar-refractivity contribution in [3.05, 3.63) is 35.4 Å². The number of aromatic nitrogens is 2. The first kappa shape index (κ1) is 17.5. The van der Waals surface area contributed by atoms with E-state index in [1.807, 2.05) is 0 Å². The summed E-state index contributed by atoms with van der Waals surface area (Å²) in [5.74, 6) is 3.00. The summed E-state index contributed by atoms with van der Waals surface area (Å²) in [7, 11) is 0. The van der Waals surface area contributed by atoms with Gasteiger partial charge in [0.25, 0.3) is 0 Å². The number of hydrogen-bond acceptors (Lipinski definition) is 3. The van der Waals surface area contributed by atoms with E-state index in [0.717, 1.165) is 18.9 Å². The van der Waals surface area contributed by atoms with Gasteiger partial charge in [-0.05, 0) is 70.2 Å². The normalized spacial score (nSPS) is 27.1. The molecule has 0 aromatic carbocycles. The van der Waals surface area contributed by atoms with Gasteiger partial charge in [0.15, 0.2) is 0 Å². The molecule has 3 atom stereocenters. The van der Waals surface area contributed by atoms with Gasteiger partial charge in [0, 0.05) is 18.0 Å². The standard InChI is InChI=1S/C20H26N4O.CH4/c1-11-5-4-8-24-17(11)16(12-6-7-12)22-19(24)20(2,3)23-18(25)15-13-9-21-10-14(13)15;/h4-5,8,12-15,21H,6-7,9-10H2,1-3H3,(H,23,25);1H4/t13-,14+,15?;. The van der Waals surface area contributed by atoms with E-state index in [4.69, 9.17) is 4.98 Å². The molecule has 2 aliphatic carbocycles. The van der Waals surface area contributed by atoms with Gasteiger partial charge in [-0.2, -0.15) is 0 Å². The summed E-state index contributed by atoms with van der Waals surface area (Å²) >= 11 is 0. The van der Waals surface area contributed by atoms with Crippen molar-refractivity contribution < 1.29 is 4.79 Å². The number of carbonyl (C=O) groups is 1. The number of nitrogens with one attached hydrogen (secondary N) is 2. The molecule has 2 saturated carbocycles. The molecule has 0 spiro atoms. The van der Waals surface area contributed by atoms with E-state index in [1.165, 1.54) is 29.6 Å². The molecule has 140 valence electrons. The Kier molecular flexibility index (Phi) is 3.92. The van der Waals surface area contributed by atoms with E-state index in [1.54, 1.807) is 0 Å². The summed E-state index contributed by atoms with van der Waals surface area (Å²) in [4.78, 5) is 17.8. The van der Waals surface area contributed by atoms with Crippen LogP contribution in [0.5, 0.6) is 0 Å². The molecule has 3 fully saturated rings. The van der Waals surface area contributed by atoms with Crippen molar-refractivity contribution in [2.45, 2.75) is 52.5 Å². The van der Waals surface area contributed by atoms with Gasteiger partial charge >= 0.3 is 0 Å². The highest BCUT2D eigenvalue weighted by molar-refractivity contribution is 5.83. The molecule has 1 unspecified atom stereocenters. The van der Waals surface area contributed by atoms with Crippen molar-refractivity contribution in [1.29, 1.82) is 0 Å². The molecule has 2 aromatic rings. The number of rotatable bonds is 4. The third kappa shape index (κ3) is 2.56. The van der Waals surface area contributed by atoms with Crippen LogP contribution in [0, 0.1) is 24.7 Å². The van der Waals surface area contributed by atoms with Gasteiger partial charge < -0.3 is 15.0 Å². The van der Waals surface area contributed by atoms with Crippen LogP contribution in [0.25, 0.3) is 5.52 Å². The smallest absolute Gasteiger partial charge is 0.224 e. The number of hydrogen-bond donors (Lipinski definition) is 2. The monoisotopic (exact) mass is 354 g/mol. The molecule has 1 aliphatic heterocycles. The van der Waals surface area contributed by atoms with Crippen LogP contribution in [-0.2, 0) is 10.3 Å². The molecule has 5 rings (SSSR count). The minimum absolute atomic E-state index is 0. The van der Waals surface area contributed by atoms with Crippen LogP contribution in [0.15, 0.2) is 18.3 Å². The zero-order chi connectivity index (χ0) is 17.3. The lowest BCUT2D eigenvalue weighted by Gasteiger charge is -2.26. The van der Waals surface area contributed by atoms with E-state index in [-0.39, 0.29) is 19.3 Å². The maximum atomic E-state index is 12.8. The number of amides is 1. The van der Waals surface area contributed by atoms with Gasteiger partial charge in [-0.1, -0.05) is 13.5 Å². The van der Waals surface area contributed by atoms with Crippen LogP contribution in [0.4, 0.5) is 0 Å². The number of carbonyl (C=O) groups excluding carboxylic acids is 1. The van der Waals surface area contributed by atoms with Gasteiger partial charge in [-0.15, -0.1) is 0 Å².